The standard InChI is InChI=1S/C12H24N2O2.CH5N.Ba.2H/c1-9(15)13(7)11(3,4)12(5,6)14(8)10(2)16;1-2;;;/h1-8H3;2H2,1H3;;;/q;;+2;2*-1. The molecule has 0 aromatic heterocycles. The van der Waals surface area contributed by atoms with Gasteiger partial charge in [-0.25, -0.2) is 0 Å². The summed E-state index contributed by atoms with van der Waals surface area (Å²) in [6.45, 7) is 10.9. The first-order valence-corrected chi connectivity index (χ1v) is 6.02. The van der Waals surface area contributed by atoms with Gasteiger partial charge < -0.3 is 18.4 Å². The van der Waals surface area contributed by atoms with Gasteiger partial charge in [-0.3, -0.25) is 9.59 Å². The summed E-state index contributed by atoms with van der Waals surface area (Å²) >= 11 is 0. The Kier molecular flexibility index (Phi) is 12.1. The van der Waals surface area contributed by atoms with Gasteiger partial charge in [0.2, 0.25) is 11.8 Å². The summed E-state index contributed by atoms with van der Waals surface area (Å²) < 4.78 is 0. The van der Waals surface area contributed by atoms with Crippen LogP contribution in [-0.4, -0.2) is 103 Å². The molecule has 0 aliphatic carbocycles. The number of carbonyl (C=O) groups is 2. The van der Waals surface area contributed by atoms with Crippen molar-refractivity contribution in [3.63, 3.8) is 0 Å². The summed E-state index contributed by atoms with van der Waals surface area (Å²) in [5.41, 5.74) is 3.64. The van der Waals surface area contributed by atoms with Crippen LogP contribution in [0.5, 0.6) is 0 Å². The molecule has 19 heavy (non-hydrogen) atoms. The molecule has 2 N–H and O–H groups in total. The van der Waals surface area contributed by atoms with Crippen molar-refractivity contribution < 1.29 is 12.4 Å². The summed E-state index contributed by atoms with van der Waals surface area (Å²) in [4.78, 5) is 26.3. The molecule has 2 amide bonds. The van der Waals surface area contributed by atoms with Crippen LogP contribution in [-0.2, 0) is 9.59 Å². The van der Waals surface area contributed by atoms with Gasteiger partial charge in [-0.15, -0.1) is 0 Å². The van der Waals surface area contributed by atoms with Gasteiger partial charge in [-0.05, 0) is 34.7 Å². The fourth-order valence-corrected chi connectivity index (χ4v) is 1.61. The van der Waals surface area contributed by atoms with Crippen molar-refractivity contribution in [1.29, 1.82) is 0 Å². The molecule has 5 nitrogen and oxygen atoms in total. The van der Waals surface area contributed by atoms with Gasteiger partial charge in [0.1, 0.15) is 0 Å². The summed E-state index contributed by atoms with van der Waals surface area (Å²) in [5.74, 6) is -0.00921. The van der Waals surface area contributed by atoms with Gasteiger partial charge in [0.25, 0.3) is 0 Å². The third-order valence-corrected chi connectivity index (χ3v) is 4.12. The first-order valence-electron chi connectivity index (χ1n) is 6.02. The summed E-state index contributed by atoms with van der Waals surface area (Å²) in [5, 5.41) is 0. The van der Waals surface area contributed by atoms with Crippen LogP contribution in [0, 0.1) is 0 Å². The third kappa shape index (κ3) is 5.77. The zero-order valence-electron chi connectivity index (χ0n) is 16.0. The molecule has 0 aromatic rings. The zero-order chi connectivity index (χ0) is 15.3. The molecule has 0 rings (SSSR count). The Morgan fingerprint density at radius 1 is 0.842 bits per heavy atom. The first kappa shape index (κ1) is 24.5. The van der Waals surface area contributed by atoms with Crippen molar-refractivity contribution in [2.45, 2.75) is 52.6 Å². The van der Waals surface area contributed by atoms with Crippen LogP contribution in [0.4, 0.5) is 0 Å². The van der Waals surface area contributed by atoms with E-state index in [2.05, 4.69) is 5.73 Å². The number of rotatable bonds is 3. The van der Waals surface area contributed by atoms with Crippen molar-refractivity contribution in [2.24, 2.45) is 5.73 Å². The summed E-state index contributed by atoms with van der Waals surface area (Å²) in [6.07, 6.45) is 0. The number of likely N-dealkylation sites (N-methyl/N-ethyl adjacent to an activating group) is 2. The normalized spacial score (nSPS) is 10.6. The molecule has 0 bridgehead atoms. The number of carbonyl (C=O) groups excluding carboxylic acids is 2. The van der Waals surface area contributed by atoms with Crippen LogP contribution in [0.15, 0.2) is 0 Å². The van der Waals surface area contributed by atoms with E-state index in [4.69, 9.17) is 0 Å². The molecule has 0 saturated carbocycles. The molecular weight excluding hydrogens is 367 g/mol. The first-order chi connectivity index (χ1) is 7.96. The molecule has 0 radical (unpaired) electrons. The second kappa shape index (κ2) is 9.42. The van der Waals surface area contributed by atoms with Gasteiger partial charge >= 0.3 is 48.9 Å². The number of nitrogens with zero attached hydrogens (tertiary/aromatic N) is 2. The fourth-order valence-electron chi connectivity index (χ4n) is 1.61. The molecule has 112 valence electrons. The maximum Gasteiger partial charge on any atom is 2.00 e. The van der Waals surface area contributed by atoms with E-state index >= 15 is 0 Å². The van der Waals surface area contributed by atoms with Gasteiger partial charge in [0, 0.05) is 27.9 Å². The summed E-state index contributed by atoms with van der Waals surface area (Å²) in [6, 6.07) is 0. The second-order valence-corrected chi connectivity index (χ2v) is 5.27. The van der Waals surface area contributed by atoms with Crippen LogP contribution >= 0.6 is 0 Å². The van der Waals surface area contributed by atoms with Gasteiger partial charge in [-0.1, -0.05) is 0 Å². The molecular formula is C13H31BaN3O2. The number of hydrogen-bond donors (Lipinski definition) is 1. The average Bonchev–Trinajstić information content (AvgIpc) is 2.28. The van der Waals surface area contributed by atoms with E-state index in [1.807, 2.05) is 27.7 Å². The molecule has 0 atom stereocenters. The van der Waals surface area contributed by atoms with Crippen LogP contribution in [0.3, 0.4) is 0 Å². The van der Waals surface area contributed by atoms with Crippen LogP contribution in [0.2, 0.25) is 0 Å². The number of nitrogens with two attached hydrogens (primary N) is 1. The average molecular weight is 399 g/mol. The molecule has 0 unspecified atom stereocenters. The van der Waals surface area contributed by atoms with E-state index in [-0.39, 0.29) is 63.5 Å². The molecule has 0 spiro atoms. The maximum atomic E-state index is 11.5. The monoisotopic (exact) mass is 399 g/mol. The van der Waals surface area contributed by atoms with Gasteiger partial charge in [0.15, 0.2) is 0 Å². The van der Waals surface area contributed by atoms with Crippen LogP contribution in [0.1, 0.15) is 44.4 Å². The third-order valence-electron chi connectivity index (χ3n) is 4.12. The topological polar surface area (TPSA) is 66.6 Å². The summed E-state index contributed by atoms with van der Waals surface area (Å²) in [7, 11) is 5.02. The van der Waals surface area contributed by atoms with Crippen LogP contribution < -0.4 is 5.73 Å². The fraction of sp³-hybridized carbons (Fsp3) is 0.846. The predicted molar refractivity (Wildman–Crippen MR) is 83.1 cm³/mol. The van der Waals surface area contributed by atoms with Crippen molar-refractivity contribution in [1.82, 2.24) is 9.80 Å². The molecule has 0 heterocycles. The molecule has 0 aromatic carbocycles. The van der Waals surface area contributed by atoms with E-state index in [0.29, 0.717) is 0 Å². The van der Waals surface area contributed by atoms with E-state index in [1.165, 1.54) is 20.9 Å². The molecule has 0 aliphatic heterocycles. The van der Waals surface area contributed by atoms with E-state index in [0.717, 1.165) is 0 Å². The Labute approximate surface area is 161 Å². The minimum absolute atomic E-state index is 0. The quantitative estimate of drug-likeness (QED) is 0.719. The Balaban J connectivity index is -0.000000163. The smallest absolute Gasteiger partial charge is 1.00 e. The Morgan fingerprint density at radius 2 is 1.00 bits per heavy atom. The molecule has 0 saturated heterocycles. The number of amides is 2. The predicted octanol–water partition coefficient (Wildman–Crippen LogP) is 0.919. The van der Waals surface area contributed by atoms with Crippen LogP contribution in [0.25, 0.3) is 0 Å². The molecule has 0 fully saturated rings. The molecule has 6 heteroatoms. The number of hydrogen-bond acceptors (Lipinski definition) is 3. The Morgan fingerprint density at radius 3 is 1.11 bits per heavy atom. The largest absolute Gasteiger partial charge is 2.00 e. The van der Waals surface area contributed by atoms with E-state index < -0.39 is 11.1 Å². The minimum atomic E-state index is -0.431. The van der Waals surface area contributed by atoms with Gasteiger partial charge in [0.05, 0.1) is 11.1 Å². The van der Waals surface area contributed by atoms with E-state index in [1.54, 1.807) is 23.9 Å². The van der Waals surface area contributed by atoms with Crippen molar-refractivity contribution >= 4 is 60.7 Å². The Hall–Kier alpha value is 0.471. The zero-order valence-corrected chi connectivity index (χ0v) is 18.4. The van der Waals surface area contributed by atoms with Gasteiger partial charge in [-0.2, -0.15) is 0 Å². The van der Waals surface area contributed by atoms with E-state index in [9.17, 15) is 9.59 Å². The maximum absolute atomic E-state index is 11.5. The minimum Gasteiger partial charge on any atom is -1.00 e. The molecule has 0 aliphatic rings. The van der Waals surface area contributed by atoms with Crippen molar-refractivity contribution in [2.75, 3.05) is 21.1 Å². The second-order valence-electron chi connectivity index (χ2n) is 5.27. The van der Waals surface area contributed by atoms with Crippen molar-refractivity contribution in [3.8, 4) is 0 Å². The Bertz CT molecular complexity index is 284. The SMILES string of the molecule is CC(=O)N(C)C(C)(C)C(C)(C)N(C)C(C)=O.CN.[Ba+2].[H-].[H-]. The van der Waals surface area contributed by atoms with Crippen molar-refractivity contribution in [3.05, 3.63) is 0 Å².